The predicted octanol–water partition coefficient (Wildman–Crippen LogP) is 6.09. The number of hydrogen-bond acceptors (Lipinski definition) is 3. The Morgan fingerprint density at radius 3 is 2.44 bits per heavy atom. The second-order valence-corrected chi connectivity index (χ2v) is 10.1. The average molecular weight is 494 g/mol. The summed E-state index contributed by atoms with van der Waals surface area (Å²) in [4.78, 5) is 27.8. The second-order valence-electron chi connectivity index (χ2n) is 8.29. The molecule has 0 radical (unpaired) electrons. The van der Waals surface area contributed by atoms with Crippen molar-refractivity contribution < 1.29 is 9.59 Å². The van der Waals surface area contributed by atoms with Crippen LogP contribution < -0.4 is 5.32 Å². The van der Waals surface area contributed by atoms with Crippen LogP contribution in [-0.4, -0.2) is 34.6 Å². The van der Waals surface area contributed by atoms with Gasteiger partial charge in [-0.2, -0.15) is 0 Å². The Hall–Kier alpha value is -1.69. The van der Waals surface area contributed by atoms with Crippen LogP contribution in [0, 0.1) is 0 Å². The zero-order valence-corrected chi connectivity index (χ0v) is 20.7. The lowest BCUT2D eigenvalue weighted by Gasteiger charge is -2.31. The summed E-state index contributed by atoms with van der Waals surface area (Å²) >= 11 is 13.6. The fourth-order valence-corrected chi connectivity index (χ4v) is 5.10. The molecule has 3 rings (SSSR count). The van der Waals surface area contributed by atoms with E-state index in [1.165, 1.54) is 18.2 Å². The third kappa shape index (κ3) is 7.72. The minimum Gasteiger partial charge on any atom is -0.352 e. The lowest BCUT2D eigenvalue weighted by molar-refractivity contribution is -0.139. The molecule has 7 heteroatoms. The van der Waals surface area contributed by atoms with Gasteiger partial charge in [0, 0.05) is 28.4 Å². The Morgan fingerprint density at radius 1 is 1.03 bits per heavy atom. The highest BCUT2D eigenvalue weighted by molar-refractivity contribution is 7.99. The Morgan fingerprint density at radius 2 is 1.75 bits per heavy atom. The number of amides is 2. The van der Waals surface area contributed by atoms with E-state index in [-0.39, 0.29) is 17.9 Å². The van der Waals surface area contributed by atoms with E-state index >= 15 is 0 Å². The van der Waals surface area contributed by atoms with Crippen molar-refractivity contribution in [2.24, 2.45) is 0 Å². The van der Waals surface area contributed by atoms with Crippen molar-refractivity contribution >= 4 is 46.8 Å². The highest BCUT2D eigenvalue weighted by Crippen LogP contribution is 2.20. The zero-order chi connectivity index (χ0) is 22.9. The van der Waals surface area contributed by atoms with Crippen molar-refractivity contribution in [2.75, 3.05) is 5.75 Å². The maximum atomic E-state index is 13.2. The van der Waals surface area contributed by atoms with E-state index in [4.69, 9.17) is 23.2 Å². The lowest BCUT2D eigenvalue weighted by atomic mass is 9.95. The minimum atomic E-state index is -0.549. The zero-order valence-electron chi connectivity index (χ0n) is 18.4. The normalized spacial score (nSPS) is 15.2. The third-order valence-corrected chi connectivity index (χ3v) is 7.24. The molecule has 0 aromatic heterocycles. The number of carbonyl (C=O) groups excluding carboxylic acids is 2. The van der Waals surface area contributed by atoms with Crippen LogP contribution in [0.25, 0.3) is 0 Å². The molecule has 4 nitrogen and oxygen atoms in total. The van der Waals surface area contributed by atoms with E-state index in [1.807, 2.05) is 43.3 Å². The number of hydrogen-bond donors (Lipinski definition) is 1. The average Bonchev–Trinajstić information content (AvgIpc) is 2.79. The second kappa shape index (κ2) is 12.5. The topological polar surface area (TPSA) is 49.4 Å². The molecule has 0 unspecified atom stereocenters. The molecule has 0 bridgehead atoms. The maximum absolute atomic E-state index is 13.2. The molecule has 2 aromatic rings. The Kier molecular flexibility index (Phi) is 9.76. The van der Waals surface area contributed by atoms with Crippen LogP contribution in [0.4, 0.5) is 0 Å². The van der Waals surface area contributed by atoms with E-state index < -0.39 is 6.04 Å². The number of carbonyl (C=O) groups is 2. The largest absolute Gasteiger partial charge is 0.352 e. The van der Waals surface area contributed by atoms with Gasteiger partial charge in [-0.1, -0.05) is 66.7 Å². The van der Waals surface area contributed by atoms with E-state index in [0.717, 1.165) is 36.8 Å². The van der Waals surface area contributed by atoms with Crippen molar-refractivity contribution in [3.05, 3.63) is 69.7 Å². The van der Waals surface area contributed by atoms with Gasteiger partial charge in [-0.25, -0.2) is 0 Å². The van der Waals surface area contributed by atoms with E-state index in [1.54, 1.807) is 17.0 Å². The first kappa shape index (κ1) is 24.9. The molecule has 0 saturated heterocycles. The molecular weight excluding hydrogens is 463 g/mol. The molecule has 2 aromatic carbocycles. The standard InChI is InChI=1S/C25H30Cl2N2O2S/c1-18(25(31)28-23-8-3-2-4-9-23)29(15-19-10-12-21(26)13-11-19)24(30)17-32-16-20-6-5-7-22(27)14-20/h5-7,10-14,18,23H,2-4,8-9,15-17H2,1H3,(H,28,31)/t18-/m1/s1. The summed E-state index contributed by atoms with van der Waals surface area (Å²) in [5.41, 5.74) is 2.02. The summed E-state index contributed by atoms with van der Waals surface area (Å²) < 4.78 is 0. The van der Waals surface area contributed by atoms with Crippen molar-refractivity contribution in [3.8, 4) is 0 Å². The number of nitrogens with one attached hydrogen (secondary N) is 1. The first-order valence-corrected chi connectivity index (χ1v) is 13.0. The van der Waals surface area contributed by atoms with Gasteiger partial charge in [0.25, 0.3) is 0 Å². The summed E-state index contributed by atoms with van der Waals surface area (Å²) in [6.45, 7) is 2.18. The molecule has 1 N–H and O–H groups in total. The molecule has 0 heterocycles. The Balaban J connectivity index is 1.64. The molecule has 1 saturated carbocycles. The number of rotatable bonds is 9. The minimum absolute atomic E-state index is 0.0572. The van der Waals surface area contributed by atoms with Gasteiger partial charge in [0.05, 0.1) is 5.75 Å². The first-order chi connectivity index (χ1) is 15.4. The number of halogens is 2. The summed E-state index contributed by atoms with van der Waals surface area (Å²) in [6.07, 6.45) is 5.55. The summed E-state index contributed by atoms with van der Waals surface area (Å²) in [7, 11) is 0. The highest BCUT2D eigenvalue weighted by atomic mass is 35.5. The molecular formula is C25H30Cl2N2O2S. The summed E-state index contributed by atoms with van der Waals surface area (Å²) in [6, 6.07) is 14.7. The van der Waals surface area contributed by atoms with Gasteiger partial charge in [-0.05, 0) is 55.2 Å². The van der Waals surface area contributed by atoms with Gasteiger partial charge in [0.2, 0.25) is 11.8 Å². The molecule has 0 aliphatic heterocycles. The van der Waals surface area contributed by atoms with Crippen LogP contribution >= 0.6 is 35.0 Å². The molecule has 32 heavy (non-hydrogen) atoms. The highest BCUT2D eigenvalue weighted by Gasteiger charge is 2.28. The third-order valence-electron chi connectivity index (χ3n) is 5.77. The van der Waals surface area contributed by atoms with Gasteiger partial charge < -0.3 is 10.2 Å². The molecule has 1 atom stereocenters. The fraction of sp³-hybridized carbons (Fsp3) is 0.440. The first-order valence-electron chi connectivity index (χ1n) is 11.1. The van der Waals surface area contributed by atoms with Crippen LogP contribution in [0.2, 0.25) is 10.0 Å². The molecule has 1 fully saturated rings. The number of thioether (sulfide) groups is 1. The van der Waals surface area contributed by atoms with Crippen molar-refractivity contribution in [1.29, 1.82) is 0 Å². The van der Waals surface area contributed by atoms with E-state index in [9.17, 15) is 9.59 Å². The van der Waals surface area contributed by atoms with Crippen LogP contribution in [0.3, 0.4) is 0 Å². The smallest absolute Gasteiger partial charge is 0.242 e. The van der Waals surface area contributed by atoms with Crippen molar-refractivity contribution in [2.45, 2.75) is 63.4 Å². The van der Waals surface area contributed by atoms with Gasteiger partial charge in [0.15, 0.2) is 0 Å². The van der Waals surface area contributed by atoms with Crippen LogP contribution in [-0.2, 0) is 21.9 Å². The maximum Gasteiger partial charge on any atom is 0.242 e. The number of nitrogens with zero attached hydrogens (tertiary/aromatic N) is 1. The SMILES string of the molecule is C[C@H](C(=O)NC1CCCCC1)N(Cc1ccc(Cl)cc1)C(=O)CSCc1cccc(Cl)c1. The fourth-order valence-electron chi connectivity index (χ4n) is 3.90. The van der Waals surface area contributed by atoms with E-state index in [0.29, 0.717) is 28.1 Å². The van der Waals surface area contributed by atoms with Crippen LogP contribution in [0.15, 0.2) is 48.5 Å². The van der Waals surface area contributed by atoms with Gasteiger partial charge in [-0.15, -0.1) is 11.8 Å². The number of benzene rings is 2. The van der Waals surface area contributed by atoms with Gasteiger partial charge >= 0.3 is 0 Å². The molecule has 1 aliphatic carbocycles. The quantitative estimate of drug-likeness (QED) is 0.460. The molecule has 172 valence electrons. The van der Waals surface area contributed by atoms with Gasteiger partial charge in [-0.3, -0.25) is 9.59 Å². The summed E-state index contributed by atoms with van der Waals surface area (Å²) in [5, 5.41) is 4.49. The van der Waals surface area contributed by atoms with Crippen LogP contribution in [0.1, 0.15) is 50.2 Å². The van der Waals surface area contributed by atoms with E-state index in [2.05, 4.69) is 5.32 Å². The summed E-state index contributed by atoms with van der Waals surface area (Å²) in [5.74, 6) is 0.836. The Bertz CT molecular complexity index is 901. The molecule has 1 aliphatic rings. The van der Waals surface area contributed by atoms with Gasteiger partial charge in [0.1, 0.15) is 6.04 Å². The van der Waals surface area contributed by atoms with Crippen molar-refractivity contribution in [1.82, 2.24) is 10.2 Å². The molecule has 2 amide bonds. The van der Waals surface area contributed by atoms with Crippen molar-refractivity contribution in [3.63, 3.8) is 0 Å². The van der Waals surface area contributed by atoms with Crippen LogP contribution in [0.5, 0.6) is 0 Å². The molecule has 0 spiro atoms. The monoisotopic (exact) mass is 492 g/mol. The lowest BCUT2D eigenvalue weighted by Crippen LogP contribution is -2.50. The predicted molar refractivity (Wildman–Crippen MR) is 134 cm³/mol. The Labute approximate surface area is 205 Å².